The topological polar surface area (TPSA) is 69.7 Å². The lowest BCUT2D eigenvalue weighted by Crippen LogP contribution is -2.20. The highest BCUT2D eigenvalue weighted by Gasteiger charge is 2.11. The first kappa shape index (κ1) is 18.7. The summed E-state index contributed by atoms with van der Waals surface area (Å²) in [6.07, 6.45) is 0. The van der Waals surface area contributed by atoms with Crippen LogP contribution in [-0.4, -0.2) is 31.7 Å². The Bertz CT molecular complexity index is 939. The van der Waals surface area contributed by atoms with Crippen molar-refractivity contribution < 1.29 is 19.0 Å². The molecule has 0 aliphatic rings. The van der Waals surface area contributed by atoms with Crippen LogP contribution in [0, 0.1) is 6.92 Å². The molecule has 2 aromatic carbocycles. The fraction of sp³-hybridized carbons (Fsp3) is 0.200. The van der Waals surface area contributed by atoms with Gasteiger partial charge in [0.2, 0.25) is 0 Å². The van der Waals surface area contributed by atoms with E-state index in [4.69, 9.17) is 14.2 Å². The third-order valence-corrected chi connectivity index (χ3v) is 4.55. The number of aromatic nitrogens is 1. The number of methoxy groups -OCH3 is 2. The highest BCUT2D eigenvalue weighted by Crippen LogP contribution is 2.33. The van der Waals surface area contributed by atoms with Crippen LogP contribution in [-0.2, 0) is 4.79 Å². The second kappa shape index (κ2) is 8.55. The molecule has 7 heteroatoms. The number of anilines is 1. The fourth-order valence-corrected chi connectivity index (χ4v) is 3.20. The number of aryl methyl sites for hydroxylation is 1. The van der Waals surface area contributed by atoms with E-state index in [2.05, 4.69) is 10.3 Å². The predicted octanol–water partition coefficient (Wildman–Crippen LogP) is 4.15. The molecule has 0 saturated heterocycles. The first-order valence-corrected chi connectivity index (χ1v) is 9.14. The van der Waals surface area contributed by atoms with Gasteiger partial charge in [-0.25, -0.2) is 4.98 Å². The van der Waals surface area contributed by atoms with E-state index in [9.17, 15) is 4.79 Å². The zero-order valence-electron chi connectivity index (χ0n) is 15.3. The Kier molecular flexibility index (Phi) is 5.93. The predicted molar refractivity (Wildman–Crippen MR) is 106 cm³/mol. The van der Waals surface area contributed by atoms with Crippen LogP contribution in [0.2, 0.25) is 0 Å². The maximum absolute atomic E-state index is 12.1. The number of ether oxygens (including phenoxy) is 3. The minimum atomic E-state index is -0.260. The van der Waals surface area contributed by atoms with Crippen molar-refractivity contribution in [1.82, 2.24) is 4.98 Å². The summed E-state index contributed by atoms with van der Waals surface area (Å²) in [6.45, 7) is 1.90. The number of rotatable bonds is 7. The Labute approximate surface area is 161 Å². The number of benzene rings is 2. The Hall–Kier alpha value is -3.06. The third kappa shape index (κ3) is 4.77. The first-order chi connectivity index (χ1) is 13.1. The molecule has 1 N–H and O–H groups in total. The summed E-state index contributed by atoms with van der Waals surface area (Å²) in [7, 11) is 3.18. The van der Waals surface area contributed by atoms with Gasteiger partial charge in [0.05, 0.1) is 19.9 Å². The highest BCUT2D eigenvalue weighted by molar-refractivity contribution is 7.14. The van der Waals surface area contributed by atoms with E-state index in [1.54, 1.807) is 14.2 Å². The fourth-order valence-electron chi connectivity index (χ4n) is 2.47. The smallest absolute Gasteiger partial charge is 0.264 e. The Morgan fingerprint density at radius 2 is 1.93 bits per heavy atom. The van der Waals surface area contributed by atoms with Crippen molar-refractivity contribution >= 4 is 22.4 Å². The van der Waals surface area contributed by atoms with Crippen molar-refractivity contribution in [2.75, 3.05) is 26.1 Å². The molecule has 0 unspecified atom stereocenters. The Morgan fingerprint density at radius 1 is 1.11 bits per heavy atom. The van der Waals surface area contributed by atoms with E-state index in [0.717, 1.165) is 16.8 Å². The quantitative estimate of drug-likeness (QED) is 0.663. The molecule has 0 aliphatic heterocycles. The van der Waals surface area contributed by atoms with E-state index in [1.165, 1.54) is 11.3 Å². The van der Waals surface area contributed by atoms with E-state index < -0.39 is 0 Å². The van der Waals surface area contributed by atoms with Crippen LogP contribution in [0.25, 0.3) is 11.3 Å². The molecule has 3 rings (SSSR count). The average Bonchev–Trinajstić information content (AvgIpc) is 3.14. The largest absolute Gasteiger partial charge is 0.493 e. The number of hydrogen-bond donors (Lipinski definition) is 1. The minimum Gasteiger partial charge on any atom is -0.493 e. The summed E-state index contributed by atoms with van der Waals surface area (Å²) < 4.78 is 16.1. The van der Waals surface area contributed by atoms with Gasteiger partial charge in [-0.3, -0.25) is 10.1 Å². The SMILES string of the molecule is COc1ccc(-c2csc(NC(=O)COc3cccc(C)c3)n2)cc1OC. The van der Waals surface area contributed by atoms with Crippen molar-refractivity contribution in [2.24, 2.45) is 0 Å². The van der Waals surface area contributed by atoms with Crippen LogP contribution >= 0.6 is 11.3 Å². The molecule has 0 radical (unpaired) electrons. The number of carbonyl (C=O) groups excluding carboxylic acids is 1. The molecule has 1 heterocycles. The van der Waals surface area contributed by atoms with E-state index in [0.29, 0.717) is 22.4 Å². The number of nitrogens with one attached hydrogen (secondary N) is 1. The van der Waals surface area contributed by atoms with Crippen molar-refractivity contribution in [3.63, 3.8) is 0 Å². The molecule has 0 bridgehead atoms. The summed E-state index contributed by atoms with van der Waals surface area (Å²) in [5, 5.41) is 5.14. The lowest BCUT2D eigenvalue weighted by molar-refractivity contribution is -0.118. The number of thiazole rings is 1. The number of carbonyl (C=O) groups is 1. The zero-order valence-corrected chi connectivity index (χ0v) is 16.1. The zero-order chi connectivity index (χ0) is 19.2. The van der Waals surface area contributed by atoms with Gasteiger partial charge in [-0.2, -0.15) is 0 Å². The molecule has 27 heavy (non-hydrogen) atoms. The Morgan fingerprint density at radius 3 is 2.67 bits per heavy atom. The van der Waals surface area contributed by atoms with Crippen molar-refractivity contribution in [3.05, 3.63) is 53.4 Å². The maximum atomic E-state index is 12.1. The van der Waals surface area contributed by atoms with Crippen LogP contribution in [0.5, 0.6) is 17.2 Å². The standard InChI is InChI=1S/C20H20N2O4S/c1-13-5-4-6-15(9-13)26-11-19(23)22-20-21-16(12-27-20)14-7-8-17(24-2)18(10-14)25-3/h4-10,12H,11H2,1-3H3,(H,21,22,23). The second-order valence-corrected chi connectivity index (χ2v) is 6.62. The van der Waals surface area contributed by atoms with E-state index >= 15 is 0 Å². The van der Waals surface area contributed by atoms with Gasteiger partial charge in [0, 0.05) is 10.9 Å². The second-order valence-electron chi connectivity index (χ2n) is 5.76. The first-order valence-electron chi connectivity index (χ1n) is 8.26. The van der Waals surface area contributed by atoms with Crippen molar-refractivity contribution in [2.45, 2.75) is 6.92 Å². The monoisotopic (exact) mass is 384 g/mol. The van der Waals surface area contributed by atoms with Gasteiger partial charge in [0.1, 0.15) is 5.75 Å². The summed E-state index contributed by atoms with van der Waals surface area (Å²) in [4.78, 5) is 16.5. The van der Waals surface area contributed by atoms with Gasteiger partial charge in [0.15, 0.2) is 23.2 Å². The molecule has 3 aromatic rings. The molecule has 1 amide bonds. The normalized spacial score (nSPS) is 10.3. The van der Waals surface area contributed by atoms with E-state index in [1.807, 2.05) is 54.8 Å². The van der Waals surface area contributed by atoms with Gasteiger partial charge in [-0.1, -0.05) is 12.1 Å². The van der Waals surface area contributed by atoms with Crippen LogP contribution in [0.4, 0.5) is 5.13 Å². The van der Waals surface area contributed by atoms with Gasteiger partial charge < -0.3 is 14.2 Å². The van der Waals surface area contributed by atoms with Gasteiger partial charge >= 0.3 is 0 Å². The lowest BCUT2D eigenvalue weighted by Gasteiger charge is -2.08. The molecule has 1 aromatic heterocycles. The molecule has 0 aliphatic carbocycles. The molecule has 0 spiro atoms. The van der Waals surface area contributed by atoms with Crippen LogP contribution in [0.15, 0.2) is 47.8 Å². The highest BCUT2D eigenvalue weighted by atomic mass is 32.1. The molecule has 0 fully saturated rings. The molecule has 6 nitrogen and oxygen atoms in total. The van der Waals surface area contributed by atoms with E-state index in [-0.39, 0.29) is 12.5 Å². The lowest BCUT2D eigenvalue weighted by atomic mass is 10.1. The molecular weight excluding hydrogens is 364 g/mol. The minimum absolute atomic E-state index is 0.0747. The van der Waals surface area contributed by atoms with Crippen LogP contribution < -0.4 is 19.5 Å². The third-order valence-electron chi connectivity index (χ3n) is 3.79. The van der Waals surface area contributed by atoms with Crippen LogP contribution in [0.3, 0.4) is 0 Å². The number of hydrogen-bond acceptors (Lipinski definition) is 6. The number of amides is 1. The molecule has 140 valence electrons. The molecule has 0 atom stereocenters. The molecule has 0 saturated carbocycles. The summed E-state index contributed by atoms with van der Waals surface area (Å²) >= 11 is 1.35. The average molecular weight is 384 g/mol. The Balaban J connectivity index is 1.63. The summed E-state index contributed by atoms with van der Waals surface area (Å²) in [6, 6.07) is 13.1. The van der Waals surface area contributed by atoms with Gasteiger partial charge in [-0.05, 0) is 42.8 Å². The van der Waals surface area contributed by atoms with Crippen molar-refractivity contribution in [1.29, 1.82) is 0 Å². The van der Waals surface area contributed by atoms with Gasteiger partial charge in [-0.15, -0.1) is 11.3 Å². The van der Waals surface area contributed by atoms with Crippen molar-refractivity contribution in [3.8, 4) is 28.5 Å². The number of nitrogens with zero attached hydrogens (tertiary/aromatic N) is 1. The maximum Gasteiger partial charge on any atom is 0.264 e. The van der Waals surface area contributed by atoms with Gasteiger partial charge in [0.25, 0.3) is 5.91 Å². The molecular formula is C20H20N2O4S. The summed E-state index contributed by atoms with van der Waals surface area (Å²) in [5.41, 5.74) is 2.70. The van der Waals surface area contributed by atoms with Crippen LogP contribution in [0.1, 0.15) is 5.56 Å². The summed E-state index contributed by atoms with van der Waals surface area (Å²) in [5.74, 6) is 1.68.